The van der Waals surface area contributed by atoms with Crippen molar-refractivity contribution in [3.05, 3.63) is 0 Å². The van der Waals surface area contributed by atoms with E-state index in [0.29, 0.717) is 0 Å². The minimum atomic E-state index is -1.16. The second-order valence-corrected chi connectivity index (χ2v) is 4.52. The van der Waals surface area contributed by atoms with Gasteiger partial charge in [-0.15, -0.1) is 0 Å². The van der Waals surface area contributed by atoms with E-state index in [1.807, 2.05) is 7.05 Å². The third-order valence-corrected chi connectivity index (χ3v) is 2.60. The van der Waals surface area contributed by atoms with Crippen molar-refractivity contribution in [3.8, 4) is 0 Å². The van der Waals surface area contributed by atoms with Crippen molar-refractivity contribution in [3.63, 3.8) is 0 Å². The molecule has 0 aromatic carbocycles. The molecule has 0 aromatic rings. The topological polar surface area (TPSA) is 40.5 Å². The van der Waals surface area contributed by atoms with Gasteiger partial charge in [0.1, 0.15) is 5.60 Å². The molecule has 1 saturated heterocycles. The summed E-state index contributed by atoms with van der Waals surface area (Å²) in [4.78, 5) is 13.8. The fraction of sp³-hybridized carbons (Fsp3) is 0.900. The maximum atomic E-state index is 11.7. The maximum absolute atomic E-state index is 11.7. The molecule has 0 amide bonds. The monoisotopic (exact) mass is 185 g/mol. The summed E-state index contributed by atoms with van der Waals surface area (Å²) in [7, 11) is 2.02. The van der Waals surface area contributed by atoms with E-state index >= 15 is 0 Å². The van der Waals surface area contributed by atoms with Crippen LogP contribution in [0.2, 0.25) is 0 Å². The van der Waals surface area contributed by atoms with Gasteiger partial charge < -0.3 is 10.0 Å². The molecule has 76 valence electrons. The smallest absolute Gasteiger partial charge is 0.168 e. The number of carbonyl (C=O) groups is 1. The van der Waals surface area contributed by atoms with Crippen LogP contribution in [-0.2, 0) is 4.79 Å². The van der Waals surface area contributed by atoms with Gasteiger partial charge in [0.25, 0.3) is 0 Å². The first kappa shape index (κ1) is 10.7. The molecular weight excluding hydrogens is 166 g/mol. The van der Waals surface area contributed by atoms with Crippen molar-refractivity contribution in [1.82, 2.24) is 4.90 Å². The molecule has 1 N–H and O–H groups in total. The van der Waals surface area contributed by atoms with Crippen molar-refractivity contribution in [2.24, 2.45) is 5.92 Å². The fourth-order valence-corrected chi connectivity index (χ4v) is 1.88. The summed E-state index contributed by atoms with van der Waals surface area (Å²) in [5, 5.41) is 9.56. The first-order chi connectivity index (χ1) is 5.91. The Hall–Kier alpha value is -0.410. The summed E-state index contributed by atoms with van der Waals surface area (Å²) in [5.41, 5.74) is -1.16. The molecule has 0 aromatic heterocycles. The number of carbonyl (C=O) groups excluding carboxylic acids is 1. The lowest BCUT2D eigenvalue weighted by molar-refractivity contribution is -0.140. The number of ketones is 1. The van der Waals surface area contributed by atoms with E-state index in [9.17, 15) is 9.90 Å². The van der Waals surface area contributed by atoms with E-state index in [-0.39, 0.29) is 11.7 Å². The molecule has 0 spiro atoms. The zero-order valence-corrected chi connectivity index (χ0v) is 8.71. The van der Waals surface area contributed by atoms with Gasteiger partial charge in [0, 0.05) is 12.5 Å². The Bertz CT molecular complexity index is 196. The number of hydrogen-bond donors (Lipinski definition) is 1. The molecule has 1 unspecified atom stereocenters. The van der Waals surface area contributed by atoms with Crippen molar-refractivity contribution < 1.29 is 9.90 Å². The van der Waals surface area contributed by atoms with E-state index in [2.05, 4.69) is 4.90 Å². The van der Waals surface area contributed by atoms with E-state index in [1.165, 1.54) is 0 Å². The van der Waals surface area contributed by atoms with Crippen molar-refractivity contribution in [2.45, 2.75) is 32.3 Å². The standard InChI is InChI=1S/C10H19NO2/c1-10(2,13)9(12)8-5-4-6-11(3)7-8/h8,13H,4-7H2,1-3H3. The molecular formula is C10H19NO2. The van der Waals surface area contributed by atoms with Crippen LogP contribution in [0.5, 0.6) is 0 Å². The summed E-state index contributed by atoms with van der Waals surface area (Å²) in [6.07, 6.45) is 1.98. The highest BCUT2D eigenvalue weighted by atomic mass is 16.3. The van der Waals surface area contributed by atoms with Gasteiger partial charge in [0.2, 0.25) is 0 Å². The SMILES string of the molecule is CN1CCCC(C(=O)C(C)(C)O)C1. The summed E-state index contributed by atoms with van der Waals surface area (Å²) < 4.78 is 0. The Balaban J connectivity index is 2.56. The third-order valence-electron chi connectivity index (χ3n) is 2.60. The normalized spacial score (nSPS) is 26.0. The number of aliphatic hydroxyl groups is 1. The molecule has 0 radical (unpaired) electrons. The highest BCUT2D eigenvalue weighted by molar-refractivity contribution is 5.88. The lowest BCUT2D eigenvalue weighted by atomic mass is 9.86. The number of rotatable bonds is 2. The van der Waals surface area contributed by atoms with Gasteiger partial charge >= 0.3 is 0 Å². The summed E-state index contributed by atoms with van der Waals surface area (Å²) in [6, 6.07) is 0. The Kier molecular flexibility index (Phi) is 3.09. The summed E-state index contributed by atoms with van der Waals surface area (Å²) in [6.45, 7) is 5.01. The largest absolute Gasteiger partial charge is 0.383 e. The Morgan fingerprint density at radius 3 is 2.62 bits per heavy atom. The van der Waals surface area contributed by atoms with Gasteiger partial charge in [-0.25, -0.2) is 0 Å². The van der Waals surface area contributed by atoms with E-state index in [0.717, 1.165) is 25.9 Å². The number of piperidine rings is 1. The quantitative estimate of drug-likeness (QED) is 0.687. The van der Waals surface area contributed by atoms with Gasteiger partial charge in [-0.1, -0.05) is 0 Å². The highest BCUT2D eigenvalue weighted by Gasteiger charge is 2.33. The van der Waals surface area contributed by atoms with Crippen molar-refractivity contribution in [2.75, 3.05) is 20.1 Å². The molecule has 1 heterocycles. The molecule has 3 nitrogen and oxygen atoms in total. The molecule has 0 aliphatic carbocycles. The van der Waals surface area contributed by atoms with Gasteiger partial charge in [-0.05, 0) is 40.3 Å². The second kappa shape index (κ2) is 3.76. The first-order valence-corrected chi connectivity index (χ1v) is 4.86. The van der Waals surface area contributed by atoms with Crippen LogP contribution in [0.25, 0.3) is 0 Å². The molecule has 3 heteroatoms. The van der Waals surface area contributed by atoms with Crippen molar-refractivity contribution in [1.29, 1.82) is 0 Å². The van der Waals surface area contributed by atoms with Crippen LogP contribution in [-0.4, -0.2) is 41.5 Å². The third kappa shape index (κ3) is 2.78. The van der Waals surface area contributed by atoms with Gasteiger partial charge in [0.15, 0.2) is 5.78 Å². The van der Waals surface area contributed by atoms with Gasteiger partial charge in [-0.3, -0.25) is 4.79 Å². The van der Waals surface area contributed by atoms with E-state index in [4.69, 9.17) is 0 Å². The van der Waals surface area contributed by atoms with Crippen LogP contribution in [0.1, 0.15) is 26.7 Å². The minimum absolute atomic E-state index is 0.0148. The van der Waals surface area contributed by atoms with Crippen LogP contribution < -0.4 is 0 Å². The lowest BCUT2D eigenvalue weighted by Gasteiger charge is -2.31. The van der Waals surface area contributed by atoms with E-state index < -0.39 is 5.60 Å². The van der Waals surface area contributed by atoms with E-state index in [1.54, 1.807) is 13.8 Å². The molecule has 1 fully saturated rings. The lowest BCUT2D eigenvalue weighted by Crippen LogP contribution is -2.44. The maximum Gasteiger partial charge on any atom is 0.168 e. The average molecular weight is 185 g/mol. The second-order valence-electron chi connectivity index (χ2n) is 4.52. The zero-order valence-electron chi connectivity index (χ0n) is 8.71. The molecule has 13 heavy (non-hydrogen) atoms. The highest BCUT2D eigenvalue weighted by Crippen LogP contribution is 2.21. The Morgan fingerprint density at radius 2 is 2.15 bits per heavy atom. The molecule has 1 rings (SSSR count). The predicted octanol–water partition coefficient (Wildman–Crippen LogP) is 0.668. The fourth-order valence-electron chi connectivity index (χ4n) is 1.88. The van der Waals surface area contributed by atoms with Crippen LogP contribution in [0.3, 0.4) is 0 Å². The summed E-state index contributed by atoms with van der Waals surface area (Å²) in [5.74, 6) is 0.0119. The summed E-state index contributed by atoms with van der Waals surface area (Å²) >= 11 is 0. The number of Topliss-reactive ketones (excluding diaryl/α,β-unsaturated/α-hetero) is 1. The number of hydrogen-bond acceptors (Lipinski definition) is 3. The van der Waals surface area contributed by atoms with Crippen molar-refractivity contribution >= 4 is 5.78 Å². The Morgan fingerprint density at radius 1 is 1.54 bits per heavy atom. The minimum Gasteiger partial charge on any atom is -0.383 e. The van der Waals surface area contributed by atoms with Crippen LogP contribution >= 0.6 is 0 Å². The average Bonchev–Trinajstić information content (AvgIpc) is 2.01. The van der Waals surface area contributed by atoms with Gasteiger partial charge in [0.05, 0.1) is 0 Å². The number of nitrogens with zero attached hydrogens (tertiary/aromatic N) is 1. The first-order valence-electron chi connectivity index (χ1n) is 4.86. The molecule has 1 aliphatic rings. The van der Waals surface area contributed by atoms with Crippen LogP contribution in [0, 0.1) is 5.92 Å². The zero-order chi connectivity index (χ0) is 10.1. The molecule has 0 saturated carbocycles. The van der Waals surface area contributed by atoms with Crippen LogP contribution in [0.4, 0.5) is 0 Å². The van der Waals surface area contributed by atoms with Gasteiger partial charge in [-0.2, -0.15) is 0 Å². The predicted molar refractivity (Wildman–Crippen MR) is 51.5 cm³/mol. The Labute approximate surface area is 79.7 Å². The molecule has 1 aliphatic heterocycles. The van der Waals surface area contributed by atoms with Crippen LogP contribution in [0.15, 0.2) is 0 Å². The molecule has 0 bridgehead atoms. The number of likely N-dealkylation sites (tertiary alicyclic amines) is 1. The molecule has 1 atom stereocenters.